The summed E-state index contributed by atoms with van der Waals surface area (Å²) in [5, 5.41) is 0. The predicted octanol–water partition coefficient (Wildman–Crippen LogP) is 3.34. The van der Waals surface area contributed by atoms with Crippen molar-refractivity contribution in [1.82, 2.24) is 14.9 Å². The van der Waals surface area contributed by atoms with E-state index in [0.717, 1.165) is 24.3 Å². The lowest BCUT2D eigenvalue weighted by Gasteiger charge is -2.33. The van der Waals surface area contributed by atoms with Crippen LogP contribution in [-0.2, 0) is 17.6 Å². The van der Waals surface area contributed by atoms with Crippen molar-refractivity contribution in [1.29, 1.82) is 0 Å². The maximum Gasteiger partial charge on any atom is 0.266 e. The van der Waals surface area contributed by atoms with Gasteiger partial charge in [-0.2, -0.15) is 0 Å². The van der Waals surface area contributed by atoms with Gasteiger partial charge in [0.25, 0.3) is 5.91 Å². The first kappa shape index (κ1) is 17.4. The highest BCUT2D eigenvalue weighted by Gasteiger charge is 2.35. The maximum absolute atomic E-state index is 13.0. The summed E-state index contributed by atoms with van der Waals surface area (Å²) in [6.45, 7) is 5.57. The van der Waals surface area contributed by atoms with Gasteiger partial charge in [-0.05, 0) is 69.4 Å². The molecule has 1 aromatic carbocycles. The van der Waals surface area contributed by atoms with Gasteiger partial charge in [0.2, 0.25) is 0 Å². The zero-order valence-electron chi connectivity index (χ0n) is 15.3. The third kappa shape index (κ3) is 3.65. The van der Waals surface area contributed by atoms with Gasteiger partial charge in [0.15, 0.2) is 5.60 Å². The number of ether oxygens (including phenoxy) is 1. The highest BCUT2D eigenvalue weighted by molar-refractivity contribution is 5.85. The second-order valence-corrected chi connectivity index (χ2v) is 7.12. The number of aryl methyl sites for hydroxylation is 2. The molecule has 0 saturated carbocycles. The summed E-state index contributed by atoms with van der Waals surface area (Å²) in [6, 6.07) is 7.82. The van der Waals surface area contributed by atoms with E-state index in [4.69, 9.17) is 4.74 Å². The smallest absolute Gasteiger partial charge is 0.266 e. The Morgan fingerprint density at radius 2 is 2.00 bits per heavy atom. The number of rotatable bonds is 5. The van der Waals surface area contributed by atoms with Crippen molar-refractivity contribution in [3.63, 3.8) is 0 Å². The van der Waals surface area contributed by atoms with E-state index in [0.29, 0.717) is 0 Å². The van der Waals surface area contributed by atoms with Crippen molar-refractivity contribution in [2.45, 2.75) is 51.7 Å². The van der Waals surface area contributed by atoms with Gasteiger partial charge >= 0.3 is 0 Å². The molecule has 5 nitrogen and oxygen atoms in total. The highest BCUT2D eigenvalue weighted by Crippen LogP contribution is 2.29. The molecule has 1 heterocycles. The molecule has 0 saturated heterocycles. The van der Waals surface area contributed by atoms with Crippen LogP contribution < -0.4 is 4.74 Å². The van der Waals surface area contributed by atoms with Crippen LogP contribution in [0.25, 0.3) is 0 Å². The number of aromatic nitrogens is 2. The second-order valence-electron chi connectivity index (χ2n) is 7.12. The van der Waals surface area contributed by atoms with E-state index in [1.807, 2.05) is 32.9 Å². The highest BCUT2D eigenvalue weighted by atomic mass is 16.5. The van der Waals surface area contributed by atoms with E-state index in [9.17, 15) is 4.79 Å². The number of fused-ring (bicyclic) bond motifs is 1. The van der Waals surface area contributed by atoms with Crippen LogP contribution >= 0.6 is 0 Å². The molecule has 25 heavy (non-hydrogen) atoms. The van der Waals surface area contributed by atoms with Crippen LogP contribution in [0.1, 0.15) is 50.1 Å². The fourth-order valence-corrected chi connectivity index (χ4v) is 3.30. The Hall–Kier alpha value is -2.43. The Balaban J connectivity index is 1.73. The number of hydrogen-bond acceptors (Lipinski definition) is 4. The molecule has 0 radical (unpaired) electrons. The van der Waals surface area contributed by atoms with Crippen molar-refractivity contribution >= 4 is 5.91 Å². The Morgan fingerprint density at radius 1 is 1.24 bits per heavy atom. The molecule has 3 rings (SSSR count). The Kier molecular flexibility index (Phi) is 4.75. The van der Waals surface area contributed by atoms with Gasteiger partial charge in [0, 0.05) is 13.2 Å². The van der Waals surface area contributed by atoms with Crippen molar-refractivity contribution in [2.75, 3.05) is 7.05 Å². The Bertz CT molecular complexity index is 759. The first-order valence-electron chi connectivity index (χ1n) is 8.72. The van der Waals surface area contributed by atoms with E-state index in [-0.39, 0.29) is 11.9 Å². The molecule has 1 aliphatic carbocycles. The van der Waals surface area contributed by atoms with E-state index < -0.39 is 5.60 Å². The van der Waals surface area contributed by atoms with Crippen LogP contribution in [0.4, 0.5) is 0 Å². The average molecular weight is 339 g/mol. The number of hydrogen-bond donors (Lipinski definition) is 0. The van der Waals surface area contributed by atoms with Crippen molar-refractivity contribution in [2.24, 2.45) is 0 Å². The van der Waals surface area contributed by atoms with Gasteiger partial charge in [-0.3, -0.25) is 4.79 Å². The van der Waals surface area contributed by atoms with Crippen molar-refractivity contribution in [3.05, 3.63) is 53.6 Å². The molecule has 132 valence electrons. The molecule has 0 spiro atoms. The number of benzene rings is 1. The molecule has 0 bridgehead atoms. The molecular formula is C20H25N3O2. The molecule has 0 aliphatic heterocycles. The third-order valence-electron chi connectivity index (χ3n) is 4.89. The van der Waals surface area contributed by atoms with Gasteiger partial charge in [-0.15, -0.1) is 0 Å². The lowest BCUT2D eigenvalue weighted by Crippen LogP contribution is -2.48. The van der Waals surface area contributed by atoms with Crippen molar-refractivity contribution < 1.29 is 9.53 Å². The van der Waals surface area contributed by atoms with Crippen LogP contribution in [-0.4, -0.2) is 33.4 Å². The Labute approximate surface area is 149 Å². The largest absolute Gasteiger partial charge is 0.478 e. The van der Waals surface area contributed by atoms with Crippen LogP contribution in [0.3, 0.4) is 0 Å². The van der Waals surface area contributed by atoms with Crippen LogP contribution in [0, 0.1) is 0 Å². The minimum absolute atomic E-state index is 0.0842. The van der Waals surface area contributed by atoms with E-state index >= 15 is 0 Å². The second kappa shape index (κ2) is 6.82. The summed E-state index contributed by atoms with van der Waals surface area (Å²) in [6.07, 6.45) is 6.60. The lowest BCUT2D eigenvalue weighted by atomic mass is 10.1. The molecular weight excluding hydrogens is 314 g/mol. The molecule has 0 unspecified atom stereocenters. The molecule has 1 aromatic heterocycles. The maximum atomic E-state index is 13.0. The zero-order valence-corrected chi connectivity index (χ0v) is 15.3. The fourth-order valence-electron chi connectivity index (χ4n) is 3.30. The van der Waals surface area contributed by atoms with Crippen LogP contribution in [0.2, 0.25) is 0 Å². The summed E-state index contributed by atoms with van der Waals surface area (Å²) in [5.41, 5.74) is 2.58. The third-order valence-corrected chi connectivity index (χ3v) is 4.89. The number of carbonyl (C=O) groups is 1. The molecule has 1 aliphatic rings. The summed E-state index contributed by atoms with van der Waals surface area (Å²) >= 11 is 0. The van der Waals surface area contributed by atoms with Gasteiger partial charge in [-0.1, -0.05) is 6.07 Å². The topological polar surface area (TPSA) is 55.3 Å². The molecule has 0 N–H and O–H groups in total. The summed E-state index contributed by atoms with van der Waals surface area (Å²) in [7, 11) is 1.78. The molecule has 1 atom stereocenters. The van der Waals surface area contributed by atoms with E-state index in [1.54, 1.807) is 18.1 Å². The first-order chi connectivity index (χ1) is 11.9. The van der Waals surface area contributed by atoms with Gasteiger partial charge in [0.1, 0.15) is 12.1 Å². The molecule has 2 aromatic rings. The standard InChI is InChI=1S/C20H25N3O2/c1-14(18-10-11-21-13-22-18)23(4)19(24)20(2,3)25-17-9-8-15-6-5-7-16(15)12-17/h8-14H,5-7H2,1-4H3/t14-/m0/s1. The summed E-state index contributed by atoms with van der Waals surface area (Å²) in [5.74, 6) is 0.668. The quantitative estimate of drug-likeness (QED) is 0.838. The minimum Gasteiger partial charge on any atom is -0.478 e. The van der Waals surface area contributed by atoms with E-state index in [1.165, 1.54) is 23.9 Å². The van der Waals surface area contributed by atoms with Crippen molar-refractivity contribution in [3.8, 4) is 5.75 Å². The number of amides is 1. The van der Waals surface area contributed by atoms with Gasteiger partial charge < -0.3 is 9.64 Å². The van der Waals surface area contributed by atoms with Crippen LogP contribution in [0.15, 0.2) is 36.8 Å². The number of likely N-dealkylation sites (N-methyl/N-ethyl adjacent to an activating group) is 1. The summed E-state index contributed by atoms with van der Waals surface area (Å²) < 4.78 is 6.07. The normalized spacial score (nSPS) is 14.7. The predicted molar refractivity (Wildman–Crippen MR) is 96.4 cm³/mol. The zero-order chi connectivity index (χ0) is 18.0. The molecule has 1 amide bonds. The van der Waals surface area contributed by atoms with Gasteiger partial charge in [-0.25, -0.2) is 9.97 Å². The number of carbonyl (C=O) groups excluding carboxylic acids is 1. The van der Waals surface area contributed by atoms with E-state index in [2.05, 4.69) is 22.1 Å². The fraction of sp³-hybridized carbons (Fsp3) is 0.450. The summed E-state index contributed by atoms with van der Waals surface area (Å²) in [4.78, 5) is 22.8. The average Bonchev–Trinajstić information content (AvgIpc) is 3.08. The van der Waals surface area contributed by atoms with Crippen LogP contribution in [0.5, 0.6) is 5.75 Å². The molecule has 0 fully saturated rings. The SMILES string of the molecule is C[C@@H](c1ccncn1)N(C)C(=O)C(C)(C)Oc1ccc2c(c1)CCC2. The Morgan fingerprint density at radius 3 is 2.72 bits per heavy atom. The lowest BCUT2D eigenvalue weighted by molar-refractivity contribution is -0.146. The van der Waals surface area contributed by atoms with Gasteiger partial charge in [0.05, 0.1) is 11.7 Å². The monoisotopic (exact) mass is 339 g/mol. The minimum atomic E-state index is -0.955. The number of nitrogens with zero attached hydrogens (tertiary/aromatic N) is 3. The first-order valence-corrected chi connectivity index (χ1v) is 8.72. The molecule has 5 heteroatoms.